The predicted molar refractivity (Wildman–Crippen MR) is 114 cm³/mol. The zero-order chi connectivity index (χ0) is 20.3. The average Bonchev–Trinajstić information content (AvgIpc) is 2.67. The fourth-order valence-electron chi connectivity index (χ4n) is 2.59. The number of halogens is 2. The Morgan fingerprint density at radius 3 is 2.79 bits per heavy atom. The Balaban J connectivity index is 1.87. The molecule has 28 heavy (non-hydrogen) atoms. The van der Waals surface area contributed by atoms with Crippen molar-refractivity contribution in [2.45, 2.75) is 37.2 Å². The van der Waals surface area contributed by atoms with Gasteiger partial charge in [-0.1, -0.05) is 54.0 Å². The quantitative estimate of drug-likeness (QED) is 0.450. The van der Waals surface area contributed by atoms with E-state index in [9.17, 15) is 9.59 Å². The van der Waals surface area contributed by atoms with Gasteiger partial charge in [0.25, 0.3) is 5.56 Å². The number of thioether (sulfide) groups is 1. The number of aromatic nitrogens is 3. The van der Waals surface area contributed by atoms with Crippen LogP contribution in [-0.4, -0.2) is 25.7 Å². The molecule has 1 aromatic carbocycles. The number of nitrogens with zero attached hydrogens (tertiary/aromatic N) is 3. The van der Waals surface area contributed by atoms with Gasteiger partial charge < -0.3 is 5.32 Å². The van der Waals surface area contributed by atoms with Gasteiger partial charge in [0.1, 0.15) is 0 Å². The van der Waals surface area contributed by atoms with E-state index in [1.54, 1.807) is 23.6 Å². The Kier molecular flexibility index (Phi) is 6.59. The lowest BCUT2D eigenvalue weighted by Gasteiger charge is -2.16. The molecule has 0 aliphatic heterocycles. The largest absolute Gasteiger partial charge is 0.308 e. The molecule has 3 aromatic rings. The minimum absolute atomic E-state index is 0.107. The van der Waals surface area contributed by atoms with Gasteiger partial charge in [-0.2, -0.15) is 0 Å². The molecule has 1 atom stereocenters. The maximum absolute atomic E-state index is 12.8. The predicted octanol–water partition coefficient (Wildman–Crippen LogP) is 4.63. The number of carbonyl (C=O) groups is 1. The van der Waals surface area contributed by atoms with Crippen molar-refractivity contribution in [1.82, 2.24) is 14.5 Å². The van der Waals surface area contributed by atoms with Crippen LogP contribution < -0.4 is 10.9 Å². The second kappa shape index (κ2) is 8.94. The lowest BCUT2D eigenvalue weighted by molar-refractivity contribution is -0.115. The summed E-state index contributed by atoms with van der Waals surface area (Å²) in [5.74, 6) is -0.0619. The van der Waals surface area contributed by atoms with Crippen molar-refractivity contribution >= 4 is 57.6 Å². The number of rotatable bonds is 6. The van der Waals surface area contributed by atoms with Crippen LogP contribution in [0.4, 0.5) is 5.82 Å². The van der Waals surface area contributed by atoms with Crippen LogP contribution >= 0.6 is 35.0 Å². The van der Waals surface area contributed by atoms with Gasteiger partial charge in [-0.15, -0.1) is 0 Å². The van der Waals surface area contributed by atoms with Crippen molar-refractivity contribution in [3.8, 4) is 0 Å². The molecular formula is C19H18Cl2N4O2S. The van der Waals surface area contributed by atoms with Crippen LogP contribution in [-0.2, 0) is 11.3 Å². The monoisotopic (exact) mass is 436 g/mol. The lowest BCUT2D eigenvalue weighted by atomic mass is 10.2. The number of para-hydroxylation sites is 1. The minimum Gasteiger partial charge on any atom is -0.308 e. The fourth-order valence-corrected chi connectivity index (χ4v) is 3.96. The maximum Gasteiger partial charge on any atom is 0.262 e. The van der Waals surface area contributed by atoms with Crippen LogP contribution in [0.3, 0.4) is 0 Å². The Bertz CT molecular complexity index is 1090. The lowest BCUT2D eigenvalue weighted by Crippen LogP contribution is -2.27. The van der Waals surface area contributed by atoms with Gasteiger partial charge in [-0.25, -0.2) is 9.97 Å². The molecule has 6 nitrogen and oxygen atoms in total. The molecule has 0 spiro atoms. The van der Waals surface area contributed by atoms with E-state index in [1.165, 1.54) is 24.0 Å². The van der Waals surface area contributed by atoms with Crippen LogP contribution in [0.1, 0.15) is 20.3 Å². The third kappa shape index (κ3) is 4.48. The first kappa shape index (κ1) is 20.6. The molecule has 0 saturated carbocycles. The van der Waals surface area contributed by atoms with E-state index in [0.717, 1.165) is 6.42 Å². The average molecular weight is 437 g/mol. The Morgan fingerprint density at radius 1 is 1.32 bits per heavy atom. The number of fused-ring (bicyclic) bond motifs is 1. The first-order valence-corrected chi connectivity index (χ1v) is 10.3. The van der Waals surface area contributed by atoms with Gasteiger partial charge in [0.15, 0.2) is 11.0 Å². The molecule has 1 amide bonds. The highest BCUT2D eigenvalue weighted by atomic mass is 35.5. The summed E-state index contributed by atoms with van der Waals surface area (Å²) in [7, 11) is 0. The van der Waals surface area contributed by atoms with E-state index in [0.29, 0.717) is 27.6 Å². The van der Waals surface area contributed by atoms with E-state index in [1.807, 2.05) is 19.1 Å². The van der Waals surface area contributed by atoms with Gasteiger partial charge in [-0.3, -0.25) is 14.2 Å². The summed E-state index contributed by atoms with van der Waals surface area (Å²) in [6, 6.07) is 8.70. The second-order valence-electron chi connectivity index (χ2n) is 6.10. The van der Waals surface area contributed by atoms with Crippen LogP contribution in [0.25, 0.3) is 10.9 Å². The summed E-state index contributed by atoms with van der Waals surface area (Å²) in [4.78, 5) is 34.1. The van der Waals surface area contributed by atoms with Crippen molar-refractivity contribution < 1.29 is 4.79 Å². The molecule has 1 unspecified atom stereocenters. The van der Waals surface area contributed by atoms with Gasteiger partial charge in [-0.05, 0) is 31.5 Å². The smallest absolute Gasteiger partial charge is 0.262 e. The summed E-state index contributed by atoms with van der Waals surface area (Å²) in [5.41, 5.74) is 0.502. The summed E-state index contributed by atoms with van der Waals surface area (Å²) >= 11 is 13.1. The van der Waals surface area contributed by atoms with Gasteiger partial charge in [0.2, 0.25) is 5.91 Å². The second-order valence-corrected chi connectivity index (χ2v) is 8.25. The summed E-state index contributed by atoms with van der Waals surface area (Å²) in [6.07, 6.45) is 2.18. The third-order valence-corrected chi connectivity index (χ3v) is 5.56. The minimum atomic E-state index is -0.523. The SMILES string of the molecule is CCCn1c(SC(C)C(=O)Nc2ncc(Cl)cc2Cl)nc2ccccc2c1=O. The van der Waals surface area contributed by atoms with Crippen LogP contribution in [0, 0.1) is 0 Å². The number of benzene rings is 1. The van der Waals surface area contributed by atoms with E-state index < -0.39 is 5.25 Å². The first-order valence-electron chi connectivity index (χ1n) is 8.69. The van der Waals surface area contributed by atoms with E-state index >= 15 is 0 Å². The van der Waals surface area contributed by atoms with Crippen LogP contribution in [0.5, 0.6) is 0 Å². The van der Waals surface area contributed by atoms with Crippen LogP contribution in [0.2, 0.25) is 10.0 Å². The van der Waals surface area contributed by atoms with E-state index in [2.05, 4.69) is 15.3 Å². The zero-order valence-corrected chi connectivity index (χ0v) is 17.6. The number of pyridine rings is 1. The molecule has 1 N–H and O–H groups in total. The molecule has 2 aromatic heterocycles. The zero-order valence-electron chi connectivity index (χ0n) is 15.3. The summed E-state index contributed by atoms with van der Waals surface area (Å²) in [5, 5.41) is 3.87. The Labute approximate surface area is 176 Å². The van der Waals surface area contributed by atoms with Crippen molar-refractivity contribution in [2.24, 2.45) is 0 Å². The molecule has 3 rings (SSSR count). The highest BCUT2D eigenvalue weighted by molar-refractivity contribution is 8.00. The number of amides is 1. The number of anilines is 1. The molecule has 0 radical (unpaired) electrons. The first-order chi connectivity index (χ1) is 13.4. The van der Waals surface area contributed by atoms with Gasteiger partial charge in [0, 0.05) is 12.7 Å². The van der Waals surface area contributed by atoms with Crippen molar-refractivity contribution in [3.63, 3.8) is 0 Å². The topological polar surface area (TPSA) is 76.9 Å². The Hall–Kier alpha value is -2.09. The van der Waals surface area contributed by atoms with E-state index in [4.69, 9.17) is 23.2 Å². The van der Waals surface area contributed by atoms with E-state index in [-0.39, 0.29) is 22.3 Å². The molecular weight excluding hydrogens is 419 g/mol. The highest BCUT2D eigenvalue weighted by Crippen LogP contribution is 2.26. The summed E-state index contributed by atoms with van der Waals surface area (Å²) < 4.78 is 1.62. The van der Waals surface area contributed by atoms with Crippen molar-refractivity contribution in [2.75, 3.05) is 5.32 Å². The molecule has 0 aliphatic carbocycles. The molecule has 0 aliphatic rings. The number of nitrogens with one attached hydrogen (secondary N) is 1. The number of hydrogen-bond donors (Lipinski definition) is 1. The normalized spacial score (nSPS) is 12.1. The molecule has 0 saturated heterocycles. The maximum atomic E-state index is 12.8. The number of hydrogen-bond acceptors (Lipinski definition) is 5. The standard InChI is InChI=1S/C19H18Cl2N4O2S/c1-3-8-25-18(27)13-6-4-5-7-15(13)23-19(25)28-11(2)17(26)24-16-14(21)9-12(20)10-22-16/h4-7,9-11H,3,8H2,1-2H3,(H,22,24,26). The number of carbonyl (C=O) groups excluding carboxylic acids is 1. The molecule has 146 valence electrons. The molecule has 0 fully saturated rings. The summed E-state index contributed by atoms with van der Waals surface area (Å²) in [6.45, 7) is 4.25. The van der Waals surface area contributed by atoms with Crippen LogP contribution in [0.15, 0.2) is 46.5 Å². The molecule has 9 heteroatoms. The third-order valence-electron chi connectivity index (χ3n) is 3.97. The highest BCUT2D eigenvalue weighted by Gasteiger charge is 2.20. The van der Waals surface area contributed by atoms with Crippen molar-refractivity contribution in [3.05, 3.63) is 56.9 Å². The molecule has 2 heterocycles. The molecule has 0 bridgehead atoms. The Morgan fingerprint density at radius 2 is 2.07 bits per heavy atom. The van der Waals surface area contributed by atoms with Gasteiger partial charge >= 0.3 is 0 Å². The van der Waals surface area contributed by atoms with Gasteiger partial charge in [0.05, 0.1) is 26.2 Å². The van der Waals surface area contributed by atoms with Crippen molar-refractivity contribution in [1.29, 1.82) is 0 Å². The fraction of sp³-hybridized carbons (Fsp3) is 0.263.